The summed E-state index contributed by atoms with van der Waals surface area (Å²) < 4.78 is 9.40. The van der Waals surface area contributed by atoms with Crippen molar-refractivity contribution in [3.63, 3.8) is 0 Å². The lowest BCUT2D eigenvalue weighted by Crippen LogP contribution is -2.40. The number of hydrogen-bond acceptors (Lipinski definition) is 3. The first-order chi connectivity index (χ1) is 10.6. The van der Waals surface area contributed by atoms with Crippen LogP contribution in [0.1, 0.15) is 58.5 Å². The van der Waals surface area contributed by atoms with E-state index in [0.717, 1.165) is 48.4 Å². The predicted octanol–water partition coefficient (Wildman–Crippen LogP) is 5.11. The van der Waals surface area contributed by atoms with Crippen molar-refractivity contribution in [1.29, 1.82) is 5.26 Å². The average Bonchev–Trinajstić information content (AvgIpc) is 2.74. The maximum atomic E-state index is 9.15. The van der Waals surface area contributed by atoms with Gasteiger partial charge in [0.25, 0.3) is 0 Å². The van der Waals surface area contributed by atoms with Gasteiger partial charge in [-0.3, -0.25) is 0 Å². The summed E-state index contributed by atoms with van der Waals surface area (Å²) in [6, 6.07) is 2.19. The molecule has 130 valence electrons. The van der Waals surface area contributed by atoms with Crippen molar-refractivity contribution in [3.05, 3.63) is 15.2 Å². The molecule has 0 saturated heterocycles. The van der Waals surface area contributed by atoms with E-state index >= 15 is 0 Å². The Morgan fingerprint density at radius 2 is 1.96 bits per heavy atom. The molecule has 1 aromatic heterocycles. The highest BCUT2D eigenvalue weighted by Gasteiger charge is 2.36. The normalized spacial score (nSPS) is 12.4. The first-order valence-corrected chi connectivity index (χ1v) is 12.4. The minimum atomic E-state index is -1.63. The highest BCUT2D eigenvalue weighted by atomic mass is 127. The Bertz CT molecular complexity index is 555. The van der Waals surface area contributed by atoms with E-state index in [4.69, 9.17) is 9.69 Å². The summed E-state index contributed by atoms with van der Waals surface area (Å²) in [7, 11) is -1.63. The Hall–Kier alpha value is -0.393. The molecule has 0 unspecified atom stereocenters. The van der Waals surface area contributed by atoms with Crippen LogP contribution in [-0.2, 0) is 17.4 Å². The van der Waals surface area contributed by atoms with E-state index in [1.165, 1.54) is 0 Å². The lowest BCUT2D eigenvalue weighted by atomic mass is 10.2. The lowest BCUT2D eigenvalue weighted by molar-refractivity contribution is 0.276. The SMILES string of the molecule is CCCc1nc(C#N)c(I)n1CCCCO[Si](C)(C)C(C)(C)C. The molecular formula is C17H30IN3OSi. The predicted molar refractivity (Wildman–Crippen MR) is 106 cm³/mol. The standard InChI is InChI=1S/C17H30IN3OSi/c1-7-10-15-20-14(13-19)16(18)21(15)11-8-9-12-22-23(5,6)17(2,3)4/h7-12H2,1-6H3. The second kappa shape index (κ2) is 8.63. The van der Waals surface area contributed by atoms with Gasteiger partial charge >= 0.3 is 0 Å². The minimum Gasteiger partial charge on any atom is -0.417 e. The smallest absolute Gasteiger partial charge is 0.191 e. The summed E-state index contributed by atoms with van der Waals surface area (Å²) in [6.07, 6.45) is 4.08. The number of aryl methyl sites for hydroxylation is 1. The van der Waals surface area contributed by atoms with Crippen LogP contribution in [0.3, 0.4) is 0 Å². The first kappa shape index (κ1) is 20.7. The van der Waals surface area contributed by atoms with Crippen LogP contribution < -0.4 is 0 Å². The van der Waals surface area contributed by atoms with Crippen LogP contribution in [0.25, 0.3) is 0 Å². The van der Waals surface area contributed by atoms with Crippen LogP contribution in [0.4, 0.5) is 0 Å². The molecule has 6 heteroatoms. The van der Waals surface area contributed by atoms with Crippen molar-refractivity contribution in [2.75, 3.05) is 6.61 Å². The highest BCUT2D eigenvalue weighted by Crippen LogP contribution is 2.36. The first-order valence-electron chi connectivity index (χ1n) is 8.43. The molecule has 0 saturated carbocycles. The van der Waals surface area contributed by atoms with Crippen LogP contribution in [-0.4, -0.2) is 24.5 Å². The molecule has 0 fully saturated rings. The molecule has 4 nitrogen and oxygen atoms in total. The average molecular weight is 447 g/mol. The van der Waals surface area contributed by atoms with E-state index in [1.807, 2.05) is 0 Å². The number of halogens is 1. The molecule has 0 aromatic carbocycles. The van der Waals surface area contributed by atoms with Crippen LogP contribution in [0, 0.1) is 15.0 Å². The van der Waals surface area contributed by atoms with Gasteiger partial charge in [0, 0.05) is 19.6 Å². The topological polar surface area (TPSA) is 50.8 Å². The van der Waals surface area contributed by atoms with Gasteiger partial charge in [0.15, 0.2) is 14.0 Å². The van der Waals surface area contributed by atoms with E-state index in [9.17, 15) is 0 Å². The molecule has 0 amide bonds. The molecular weight excluding hydrogens is 417 g/mol. The molecule has 0 aliphatic heterocycles. The maximum absolute atomic E-state index is 9.15. The van der Waals surface area contributed by atoms with Crippen LogP contribution in [0.2, 0.25) is 18.1 Å². The fourth-order valence-electron chi connectivity index (χ4n) is 2.11. The molecule has 0 radical (unpaired) electrons. The van der Waals surface area contributed by atoms with Crippen molar-refractivity contribution in [2.45, 2.75) is 78.1 Å². The fourth-order valence-corrected chi connectivity index (χ4v) is 3.95. The summed E-state index contributed by atoms with van der Waals surface area (Å²) in [6.45, 7) is 15.3. The lowest BCUT2D eigenvalue weighted by Gasteiger charge is -2.36. The number of hydrogen-bond donors (Lipinski definition) is 0. The van der Waals surface area contributed by atoms with Gasteiger partial charge in [-0.15, -0.1) is 0 Å². The summed E-state index contributed by atoms with van der Waals surface area (Å²) in [5, 5.41) is 9.42. The molecule has 0 N–H and O–H groups in total. The third kappa shape index (κ3) is 5.57. The molecule has 0 bridgehead atoms. The maximum Gasteiger partial charge on any atom is 0.191 e. The largest absolute Gasteiger partial charge is 0.417 e. The third-order valence-corrected chi connectivity index (χ3v) is 10.2. The molecule has 1 aromatic rings. The van der Waals surface area contributed by atoms with E-state index in [-0.39, 0.29) is 5.04 Å². The van der Waals surface area contributed by atoms with Gasteiger partial charge in [-0.1, -0.05) is 27.7 Å². The fraction of sp³-hybridized carbons (Fsp3) is 0.765. The minimum absolute atomic E-state index is 0.267. The van der Waals surface area contributed by atoms with Gasteiger partial charge in [-0.2, -0.15) is 5.26 Å². The van der Waals surface area contributed by atoms with Gasteiger partial charge in [-0.25, -0.2) is 4.98 Å². The summed E-state index contributed by atoms with van der Waals surface area (Å²) in [5.41, 5.74) is 0.562. The van der Waals surface area contributed by atoms with E-state index in [2.05, 4.69) is 79.0 Å². The second-order valence-corrected chi connectivity index (χ2v) is 13.3. The number of aromatic nitrogens is 2. The molecule has 1 heterocycles. The van der Waals surface area contributed by atoms with Gasteiger partial charge in [0.05, 0.1) is 0 Å². The Morgan fingerprint density at radius 1 is 1.30 bits per heavy atom. The third-order valence-electron chi connectivity index (χ3n) is 4.61. The van der Waals surface area contributed by atoms with Gasteiger partial charge in [0.1, 0.15) is 15.6 Å². The molecule has 23 heavy (non-hydrogen) atoms. The van der Waals surface area contributed by atoms with Gasteiger partial charge in [0.2, 0.25) is 0 Å². The molecule has 0 aliphatic carbocycles. The second-order valence-electron chi connectivity index (χ2n) is 7.50. The number of unbranched alkanes of at least 4 members (excludes halogenated alkanes) is 1. The van der Waals surface area contributed by atoms with E-state index in [1.54, 1.807) is 0 Å². The molecule has 0 aliphatic rings. The summed E-state index contributed by atoms with van der Waals surface area (Å²) >= 11 is 2.24. The van der Waals surface area contributed by atoms with Crippen molar-refractivity contribution in [3.8, 4) is 6.07 Å². The van der Waals surface area contributed by atoms with Crippen molar-refractivity contribution < 1.29 is 4.43 Å². The van der Waals surface area contributed by atoms with Crippen LogP contribution >= 0.6 is 22.6 Å². The Kier molecular flexibility index (Phi) is 7.75. The number of rotatable bonds is 8. The van der Waals surface area contributed by atoms with Gasteiger partial charge in [-0.05, 0) is 60.0 Å². The van der Waals surface area contributed by atoms with Crippen molar-refractivity contribution in [2.24, 2.45) is 0 Å². The zero-order chi connectivity index (χ0) is 17.7. The molecule has 1 rings (SSSR count). The van der Waals surface area contributed by atoms with E-state index in [0.29, 0.717) is 5.69 Å². The van der Waals surface area contributed by atoms with Crippen molar-refractivity contribution in [1.82, 2.24) is 9.55 Å². The Morgan fingerprint density at radius 3 is 2.48 bits per heavy atom. The zero-order valence-electron chi connectivity index (χ0n) is 15.4. The molecule has 0 atom stereocenters. The summed E-state index contributed by atoms with van der Waals surface area (Å²) in [4.78, 5) is 4.46. The van der Waals surface area contributed by atoms with E-state index < -0.39 is 8.32 Å². The quantitative estimate of drug-likeness (QED) is 0.316. The van der Waals surface area contributed by atoms with Gasteiger partial charge < -0.3 is 8.99 Å². The number of nitriles is 1. The number of nitrogens with zero attached hydrogens (tertiary/aromatic N) is 3. The molecule has 0 spiro atoms. The van der Waals surface area contributed by atoms with Crippen molar-refractivity contribution >= 4 is 30.9 Å². The Balaban J connectivity index is 2.54. The monoisotopic (exact) mass is 447 g/mol. The Labute approximate surface area is 155 Å². The zero-order valence-corrected chi connectivity index (χ0v) is 18.5. The van der Waals surface area contributed by atoms with Crippen LogP contribution in [0.15, 0.2) is 0 Å². The highest BCUT2D eigenvalue weighted by molar-refractivity contribution is 14.1. The number of imidazole rings is 1. The van der Waals surface area contributed by atoms with Crippen LogP contribution in [0.5, 0.6) is 0 Å². The summed E-state index contributed by atoms with van der Waals surface area (Å²) in [5.74, 6) is 1.04.